The van der Waals surface area contributed by atoms with Crippen LogP contribution in [0.4, 0.5) is 0 Å². The van der Waals surface area contributed by atoms with E-state index in [1.165, 1.54) is 0 Å². The van der Waals surface area contributed by atoms with Crippen LogP contribution in [0.2, 0.25) is 0 Å². The summed E-state index contributed by atoms with van der Waals surface area (Å²) in [6.45, 7) is 0. The van der Waals surface area contributed by atoms with E-state index in [1.807, 2.05) is 30.3 Å². The van der Waals surface area contributed by atoms with E-state index in [9.17, 15) is 13.2 Å². The summed E-state index contributed by atoms with van der Waals surface area (Å²) in [5.74, 6) is -0.0613. The lowest BCUT2D eigenvalue weighted by molar-refractivity contribution is -0.118. The molecule has 0 radical (unpaired) electrons. The minimum absolute atomic E-state index is 0.0226. The van der Waals surface area contributed by atoms with E-state index in [0.717, 1.165) is 11.8 Å². The van der Waals surface area contributed by atoms with Crippen LogP contribution in [0.1, 0.15) is 23.8 Å². The molecule has 6 nitrogen and oxygen atoms in total. The fourth-order valence-electron chi connectivity index (χ4n) is 2.03. The van der Waals surface area contributed by atoms with E-state index >= 15 is 0 Å². The molecule has 1 aromatic heterocycles. The number of hydrogen-bond acceptors (Lipinski definition) is 5. The molecule has 1 unspecified atom stereocenters. The minimum atomic E-state index is -3.41. The minimum Gasteiger partial charge on any atom is -0.370 e. The second-order valence-corrected chi connectivity index (χ2v) is 7.03. The predicted molar refractivity (Wildman–Crippen MR) is 78.0 cm³/mol. The van der Waals surface area contributed by atoms with E-state index in [0.29, 0.717) is 5.76 Å². The Morgan fingerprint density at radius 3 is 2.57 bits per heavy atom. The molecule has 0 spiro atoms. The normalized spacial score (nSPS) is 13.0. The van der Waals surface area contributed by atoms with Gasteiger partial charge in [0.05, 0.1) is 0 Å². The third-order valence-electron chi connectivity index (χ3n) is 3.09. The highest BCUT2D eigenvalue weighted by atomic mass is 32.2. The maximum absolute atomic E-state index is 11.9. The lowest BCUT2D eigenvalue weighted by atomic mass is 10.1. The van der Waals surface area contributed by atoms with Gasteiger partial charge in [0.1, 0.15) is 10.9 Å². The highest BCUT2D eigenvalue weighted by molar-refractivity contribution is 7.90. The number of rotatable bonds is 6. The number of primary amides is 1. The van der Waals surface area contributed by atoms with Gasteiger partial charge < -0.3 is 10.3 Å². The fourth-order valence-corrected chi connectivity index (χ4v) is 3.13. The lowest BCUT2D eigenvalue weighted by Gasteiger charge is -2.10. The Hall–Kier alpha value is -2.15. The molecule has 2 rings (SSSR count). The third-order valence-corrected chi connectivity index (χ3v) is 4.60. The van der Waals surface area contributed by atoms with Crippen molar-refractivity contribution >= 4 is 15.7 Å². The van der Waals surface area contributed by atoms with Crippen LogP contribution in [-0.2, 0) is 14.6 Å². The smallest absolute Gasteiger partial charge is 0.217 e. The topological polar surface area (TPSA) is 103 Å². The van der Waals surface area contributed by atoms with Gasteiger partial charge in [0.2, 0.25) is 5.91 Å². The summed E-state index contributed by atoms with van der Waals surface area (Å²) in [4.78, 5) is 10.9. The molecular formula is C14H16N2O4S. The average Bonchev–Trinajstić information content (AvgIpc) is 2.87. The van der Waals surface area contributed by atoms with Gasteiger partial charge in [-0.3, -0.25) is 4.79 Å². The summed E-state index contributed by atoms with van der Waals surface area (Å²) in [7, 11) is -3.41. The third kappa shape index (κ3) is 3.91. The molecule has 0 aliphatic heterocycles. The maximum Gasteiger partial charge on any atom is 0.217 e. The Kier molecular flexibility index (Phi) is 4.42. The van der Waals surface area contributed by atoms with Crippen molar-refractivity contribution < 1.29 is 17.7 Å². The highest BCUT2D eigenvalue weighted by Gasteiger charge is 2.27. The molecule has 0 aliphatic rings. The number of amides is 1. The number of nitrogens with two attached hydrogens (primary N) is 1. The summed E-state index contributed by atoms with van der Waals surface area (Å²) in [6.07, 6.45) is 1.18. The average molecular weight is 308 g/mol. The molecule has 21 heavy (non-hydrogen) atoms. The van der Waals surface area contributed by atoms with Crippen LogP contribution >= 0.6 is 0 Å². The first kappa shape index (κ1) is 15.2. The fraction of sp³-hybridized carbons (Fsp3) is 0.286. The van der Waals surface area contributed by atoms with Crippen LogP contribution in [0.5, 0.6) is 0 Å². The number of carbonyl (C=O) groups excluding carboxylic acids is 1. The zero-order chi connectivity index (χ0) is 15.5. The molecule has 2 aromatic rings. The second-order valence-electron chi connectivity index (χ2n) is 4.81. The molecule has 2 N–H and O–H groups in total. The standard InChI is InChI=1S/C14H16N2O4S/c1-21(18,19)13(7-8-14(15)17)11-9-12(20-16-11)10-5-3-2-4-6-10/h2-6,9,13H,7-8H2,1H3,(H2,15,17). The van der Waals surface area contributed by atoms with Gasteiger partial charge in [0.15, 0.2) is 15.6 Å². The van der Waals surface area contributed by atoms with Crippen molar-refractivity contribution in [2.75, 3.05) is 6.26 Å². The number of carbonyl (C=O) groups is 1. The molecule has 7 heteroatoms. The first-order valence-corrected chi connectivity index (χ1v) is 8.32. The zero-order valence-corrected chi connectivity index (χ0v) is 12.3. The number of hydrogen-bond donors (Lipinski definition) is 1. The molecule has 0 fully saturated rings. The second kappa shape index (κ2) is 6.09. The van der Waals surface area contributed by atoms with Gasteiger partial charge in [0, 0.05) is 24.3 Å². The quantitative estimate of drug-likeness (QED) is 0.874. The van der Waals surface area contributed by atoms with E-state index in [2.05, 4.69) is 5.16 Å². The van der Waals surface area contributed by atoms with Crippen molar-refractivity contribution in [1.82, 2.24) is 5.16 Å². The Labute approximate surface area is 122 Å². The van der Waals surface area contributed by atoms with Crippen molar-refractivity contribution in [3.8, 4) is 11.3 Å². The van der Waals surface area contributed by atoms with Gasteiger partial charge in [-0.2, -0.15) is 0 Å². The molecule has 1 atom stereocenters. The largest absolute Gasteiger partial charge is 0.370 e. The first-order chi connectivity index (χ1) is 9.88. The van der Waals surface area contributed by atoms with E-state index in [1.54, 1.807) is 6.07 Å². The molecule has 0 aliphatic carbocycles. The predicted octanol–water partition coefficient (Wildman–Crippen LogP) is 1.69. The first-order valence-electron chi connectivity index (χ1n) is 6.37. The monoisotopic (exact) mass is 308 g/mol. The van der Waals surface area contributed by atoms with Gasteiger partial charge in [-0.1, -0.05) is 35.5 Å². The van der Waals surface area contributed by atoms with Crippen LogP contribution < -0.4 is 5.73 Å². The summed E-state index contributed by atoms with van der Waals surface area (Å²) in [6, 6.07) is 10.8. The molecule has 0 saturated carbocycles. The molecule has 1 heterocycles. The molecule has 1 amide bonds. The van der Waals surface area contributed by atoms with Gasteiger partial charge >= 0.3 is 0 Å². The number of nitrogens with zero attached hydrogens (tertiary/aromatic N) is 1. The van der Waals surface area contributed by atoms with Crippen LogP contribution in [0, 0.1) is 0 Å². The van der Waals surface area contributed by atoms with E-state index in [4.69, 9.17) is 10.3 Å². The Morgan fingerprint density at radius 2 is 2.00 bits per heavy atom. The summed E-state index contributed by atoms with van der Waals surface area (Å²) < 4.78 is 28.9. The summed E-state index contributed by atoms with van der Waals surface area (Å²) in [5, 5.41) is 2.93. The van der Waals surface area contributed by atoms with Crippen LogP contribution in [0.3, 0.4) is 0 Å². The van der Waals surface area contributed by atoms with Gasteiger partial charge in [-0.05, 0) is 6.42 Å². The Morgan fingerprint density at radius 1 is 1.33 bits per heavy atom. The van der Waals surface area contributed by atoms with Gasteiger partial charge in [0.25, 0.3) is 0 Å². The number of sulfone groups is 1. The van der Waals surface area contributed by atoms with E-state index in [-0.39, 0.29) is 18.5 Å². The molecule has 0 bridgehead atoms. The maximum atomic E-state index is 11.9. The molecule has 112 valence electrons. The molecule has 1 aromatic carbocycles. The summed E-state index contributed by atoms with van der Waals surface area (Å²) >= 11 is 0. The number of benzene rings is 1. The lowest BCUT2D eigenvalue weighted by Crippen LogP contribution is -2.17. The Balaban J connectivity index is 2.30. The number of aromatic nitrogens is 1. The van der Waals surface area contributed by atoms with Crippen LogP contribution in [0.25, 0.3) is 11.3 Å². The SMILES string of the molecule is CS(=O)(=O)C(CCC(N)=O)c1cc(-c2ccccc2)on1. The van der Waals surface area contributed by atoms with Crippen molar-refractivity contribution in [3.63, 3.8) is 0 Å². The Bertz CT molecular complexity index is 722. The molecule has 0 saturated heterocycles. The van der Waals surface area contributed by atoms with Crippen molar-refractivity contribution in [1.29, 1.82) is 0 Å². The van der Waals surface area contributed by atoms with Crippen molar-refractivity contribution in [2.24, 2.45) is 5.73 Å². The molecular weight excluding hydrogens is 292 g/mol. The highest BCUT2D eigenvalue weighted by Crippen LogP contribution is 2.29. The van der Waals surface area contributed by atoms with Crippen molar-refractivity contribution in [2.45, 2.75) is 18.1 Å². The zero-order valence-electron chi connectivity index (χ0n) is 11.5. The summed E-state index contributed by atoms with van der Waals surface area (Å²) in [5.41, 5.74) is 6.17. The van der Waals surface area contributed by atoms with Crippen LogP contribution in [0.15, 0.2) is 40.9 Å². The van der Waals surface area contributed by atoms with E-state index < -0.39 is 21.0 Å². The van der Waals surface area contributed by atoms with Crippen molar-refractivity contribution in [3.05, 3.63) is 42.1 Å². The van der Waals surface area contributed by atoms with Gasteiger partial charge in [-0.15, -0.1) is 0 Å². The van der Waals surface area contributed by atoms with Crippen LogP contribution in [-0.4, -0.2) is 25.7 Å². The van der Waals surface area contributed by atoms with Gasteiger partial charge in [-0.25, -0.2) is 8.42 Å².